The van der Waals surface area contributed by atoms with Crippen LogP contribution in [0.5, 0.6) is 0 Å². The fourth-order valence-electron chi connectivity index (χ4n) is 2.39. The minimum Gasteiger partial charge on any atom is -0.372 e. The van der Waals surface area contributed by atoms with Crippen molar-refractivity contribution in [1.29, 1.82) is 0 Å². The molecule has 0 bridgehead atoms. The van der Waals surface area contributed by atoms with Gasteiger partial charge in [0.05, 0.1) is 0 Å². The van der Waals surface area contributed by atoms with Gasteiger partial charge in [-0.2, -0.15) is 0 Å². The lowest BCUT2D eigenvalue weighted by atomic mass is 9.98. The number of amides is 1. The van der Waals surface area contributed by atoms with Crippen molar-refractivity contribution < 1.29 is 9.53 Å². The molecule has 1 aliphatic heterocycles. The van der Waals surface area contributed by atoms with Gasteiger partial charge in [0.15, 0.2) is 0 Å². The maximum atomic E-state index is 12.2. The molecule has 1 aromatic carbocycles. The van der Waals surface area contributed by atoms with Gasteiger partial charge in [0.2, 0.25) is 0 Å². The van der Waals surface area contributed by atoms with E-state index < -0.39 is 0 Å². The van der Waals surface area contributed by atoms with Gasteiger partial charge >= 0.3 is 0 Å². The van der Waals surface area contributed by atoms with Crippen LogP contribution in [0.15, 0.2) is 18.2 Å². The molecule has 1 heterocycles. The summed E-state index contributed by atoms with van der Waals surface area (Å²) in [5.41, 5.74) is 3.53. The van der Waals surface area contributed by atoms with Crippen molar-refractivity contribution >= 4 is 11.6 Å². The highest BCUT2D eigenvalue weighted by molar-refractivity contribution is 5.98. The summed E-state index contributed by atoms with van der Waals surface area (Å²) in [4.78, 5) is 14.1. The zero-order valence-electron chi connectivity index (χ0n) is 10.7. The van der Waals surface area contributed by atoms with Crippen molar-refractivity contribution in [3.05, 3.63) is 29.3 Å². The Morgan fingerprint density at radius 2 is 2.24 bits per heavy atom. The molecule has 0 saturated carbocycles. The number of rotatable bonds is 2. The maximum absolute atomic E-state index is 12.2. The van der Waals surface area contributed by atoms with Crippen molar-refractivity contribution in [1.82, 2.24) is 0 Å². The lowest BCUT2D eigenvalue weighted by molar-refractivity contribution is -0.127. The summed E-state index contributed by atoms with van der Waals surface area (Å²) in [5.74, 6) is 0.0581. The zero-order valence-corrected chi connectivity index (χ0v) is 10.7. The number of hydrogen-bond acceptors (Lipinski definition) is 2. The van der Waals surface area contributed by atoms with E-state index in [1.807, 2.05) is 4.90 Å². The highest BCUT2D eigenvalue weighted by Crippen LogP contribution is 2.30. The number of anilines is 1. The van der Waals surface area contributed by atoms with Crippen molar-refractivity contribution in [3.8, 4) is 0 Å². The Morgan fingerprint density at radius 3 is 2.94 bits per heavy atom. The first-order valence-corrected chi connectivity index (χ1v) is 6.08. The predicted octanol–water partition coefficient (Wildman–Crippen LogP) is 2.31. The molecule has 0 saturated heterocycles. The van der Waals surface area contributed by atoms with Gasteiger partial charge in [-0.05, 0) is 37.8 Å². The molecule has 0 N–H and O–H groups in total. The van der Waals surface area contributed by atoms with Gasteiger partial charge in [-0.1, -0.05) is 18.2 Å². The fourth-order valence-corrected chi connectivity index (χ4v) is 2.39. The lowest BCUT2D eigenvalue weighted by Crippen LogP contribution is -2.42. The second-order valence-corrected chi connectivity index (χ2v) is 4.55. The first-order chi connectivity index (χ1) is 8.15. The molecular formula is C14H19NO2. The second-order valence-electron chi connectivity index (χ2n) is 4.55. The lowest BCUT2D eigenvalue weighted by Gasteiger charge is -2.32. The molecule has 0 aromatic heterocycles. The Bertz CT molecular complexity index is 428. The van der Waals surface area contributed by atoms with Crippen LogP contribution in [0, 0.1) is 6.92 Å². The van der Waals surface area contributed by atoms with E-state index in [1.165, 1.54) is 11.1 Å². The van der Waals surface area contributed by atoms with Crippen LogP contribution in [0.2, 0.25) is 0 Å². The molecule has 1 amide bonds. The number of carbonyl (C=O) groups excluding carboxylic acids is 1. The van der Waals surface area contributed by atoms with Gasteiger partial charge < -0.3 is 9.64 Å². The van der Waals surface area contributed by atoms with E-state index in [4.69, 9.17) is 4.74 Å². The third-order valence-electron chi connectivity index (χ3n) is 3.39. The second kappa shape index (κ2) is 4.88. The summed E-state index contributed by atoms with van der Waals surface area (Å²) in [6, 6.07) is 6.23. The highest BCUT2D eigenvalue weighted by atomic mass is 16.5. The van der Waals surface area contributed by atoms with Gasteiger partial charge in [0, 0.05) is 19.3 Å². The number of benzene rings is 1. The van der Waals surface area contributed by atoms with E-state index in [1.54, 1.807) is 14.0 Å². The van der Waals surface area contributed by atoms with Crippen LogP contribution >= 0.6 is 0 Å². The van der Waals surface area contributed by atoms with E-state index >= 15 is 0 Å². The van der Waals surface area contributed by atoms with Crippen molar-refractivity contribution in [2.45, 2.75) is 32.8 Å². The number of para-hydroxylation sites is 1. The average molecular weight is 233 g/mol. The maximum Gasteiger partial charge on any atom is 0.255 e. The van der Waals surface area contributed by atoms with Gasteiger partial charge in [0.1, 0.15) is 6.10 Å². The number of fused-ring (bicyclic) bond motifs is 1. The van der Waals surface area contributed by atoms with Crippen LogP contribution < -0.4 is 4.90 Å². The SMILES string of the molecule is COC(C)C(=O)N1CCCc2cccc(C)c21. The molecule has 3 nitrogen and oxygen atoms in total. The third kappa shape index (κ3) is 2.20. The van der Waals surface area contributed by atoms with Crippen LogP contribution in [0.3, 0.4) is 0 Å². The van der Waals surface area contributed by atoms with E-state index in [0.717, 1.165) is 25.1 Å². The quantitative estimate of drug-likeness (QED) is 0.784. The molecule has 1 atom stereocenters. The molecule has 1 aromatic rings. The standard InChI is InChI=1S/C14H19NO2/c1-10-6-4-7-12-8-5-9-15(13(10)12)14(16)11(2)17-3/h4,6-7,11H,5,8-9H2,1-3H3. The number of hydrogen-bond donors (Lipinski definition) is 0. The van der Waals surface area contributed by atoms with Crippen molar-refractivity contribution in [2.24, 2.45) is 0 Å². The Balaban J connectivity index is 2.37. The van der Waals surface area contributed by atoms with E-state index in [9.17, 15) is 4.79 Å². The summed E-state index contributed by atoms with van der Waals surface area (Å²) in [6.45, 7) is 4.65. The van der Waals surface area contributed by atoms with Crippen molar-refractivity contribution in [3.63, 3.8) is 0 Å². The molecule has 0 aliphatic carbocycles. The van der Waals surface area contributed by atoms with Gasteiger partial charge in [0.25, 0.3) is 5.91 Å². The normalized spacial score (nSPS) is 16.5. The summed E-state index contributed by atoms with van der Waals surface area (Å²) >= 11 is 0. The molecule has 1 unspecified atom stereocenters. The Kier molecular flexibility index (Phi) is 3.48. The number of methoxy groups -OCH3 is 1. The summed E-state index contributed by atoms with van der Waals surface area (Å²) in [6.07, 6.45) is 1.71. The minimum atomic E-state index is -0.374. The summed E-state index contributed by atoms with van der Waals surface area (Å²) in [5, 5.41) is 0. The molecular weight excluding hydrogens is 214 g/mol. The molecule has 0 spiro atoms. The van der Waals surface area contributed by atoms with Gasteiger partial charge in [-0.3, -0.25) is 4.79 Å². The molecule has 3 heteroatoms. The molecule has 0 fully saturated rings. The Hall–Kier alpha value is -1.35. The number of nitrogens with zero attached hydrogens (tertiary/aromatic N) is 1. The van der Waals surface area contributed by atoms with E-state index in [0.29, 0.717) is 0 Å². The van der Waals surface area contributed by atoms with E-state index in [-0.39, 0.29) is 12.0 Å². The Morgan fingerprint density at radius 1 is 1.47 bits per heavy atom. The van der Waals surface area contributed by atoms with Crippen LogP contribution in [-0.4, -0.2) is 25.7 Å². The Labute approximate surface area is 102 Å². The molecule has 92 valence electrons. The minimum absolute atomic E-state index is 0.0581. The van der Waals surface area contributed by atoms with Crippen LogP contribution in [0.4, 0.5) is 5.69 Å². The predicted molar refractivity (Wildman–Crippen MR) is 68.3 cm³/mol. The topological polar surface area (TPSA) is 29.5 Å². The van der Waals surface area contributed by atoms with Crippen LogP contribution in [0.1, 0.15) is 24.5 Å². The first-order valence-electron chi connectivity index (χ1n) is 6.08. The largest absolute Gasteiger partial charge is 0.372 e. The monoisotopic (exact) mass is 233 g/mol. The number of aryl methyl sites for hydroxylation is 2. The highest BCUT2D eigenvalue weighted by Gasteiger charge is 2.27. The van der Waals surface area contributed by atoms with Gasteiger partial charge in [-0.25, -0.2) is 0 Å². The van der Waals surface area contributed by atoms with Crippen LogP contribution in [-0.2, 0) is 16.0 Å². The zero-order chi connectivity index (χ0) is 12.4. The average Bonchev–Trinajstić information content (AvgIpc) is 2.36. The summed E-state index contributed by atoms with van der Waals surface area (Å²) < 4.78 is 5.13. The first kappa shape index (κ1) is 12.1. The fraction of sp³-hybridized carbons (Fsp3) is 0.500. The number of ether oxygens (including phenoxy) is 1. The molecule has 0 radical (unpaired) electrons. The van der Waals surface area contributed by atoms with Crippen molar-refractivity contribution in [2.75, 3.05) is 18.6 Å². The molecule has 2 rings (SSSR count). The van der Waals surface area contributed by atoms with Gasteiger partial charge in [-0.15, -0.1) is 0 Å². The molecule has 1 aliphatic rings. The third-order valence-corrected chi connectivity index (χ3v) is 3.39. The number of carbonyl (C=O) groups is 1. The van der Waals surface area contributed by atoms with E-state index in [2.05, 4.69) is 25.1 Å². The van der Waals surface area contributed by atoms with Crippen LogP contribution in [0.25, 0.3) is 0 Å². The summed E-state index contributed by atoms with van der Waals surface area (Å²) in [7, 11) is 1.57. The smallest absolute Gasteiger partial charge is 0.255 e. The molecule has 17 heavy (non-hydrogen) atoms.